The fourth-order valence-electron chi connectivity index (χ4n) is 1.97. The van der Waals surface area contributed by atoms with Gasteiger partial charge in [-0.05, 0) is 18.6 Å². The molecule has 0 aromatic carbocycles. The van der Waals surface area contributed by atoms with Crippen molar-refractivity contribution < 1.29 is 9.90 Å². The molecule has 6 nitrogen and oxygen atoms in total. The number of aryl methyl sites for hydroxylation is 1. The Kier molecular flexibility index (Phi) is 3.10. The van der Waals surface area contributed by atoms with Crippen LogP contribution in [0.25, 0.3) is 5.52 Å². The number of hydrogen-bond donors (Lipinski definition) is 2. The van der Waals surface area contributed by atoms with E-state index in [0.29, 0.717) is 12.1 Å². The van der Waals surface area contributed by atoms with Gasteiger partial charge in [0.25, 0.3) is 11.5 Å². The summed E-state index contributed by atoms with van der Waals surface area (Å²) in [5.41, 5.74) is 4.65. The van der Waals surface area contributed by atoms with E-state index in [1.807, 2.05) is 6.92 Å². The topological polar surface area (TPSA) is 89.7 Å². The molecule has 0 saturated carbocycles. The minimum absolute atomic E-state index is 0.350. The Labute approximate surface area is 103 Å². The zero-order valence-corrected chi connectivity index (χ0v) is 10.1. The molecule has 2 aromatic rings. The molecule has 2 heterocycles. The Balaban J connectivity index is 2.78. The zero-order valence-electron chi connectivity index (χ0n) is 10.1. The second-order valence-corrected chi connectivity index (χ2v) is 4.11. The van der Waals surface area contributed by atoms with Gasteiger partial charge in [-0.2, -0.15) is 0 Å². The van der Waals surface area contributed by atoms with Gasteiger partial charge in [0.05, 0.1) is 0 Å². The van der Waals surface area contributed by atoms with Crippen LogP contribution >= 0.6 is 0 Å². The van der Waals surface area contributed by atoms with Gasteiger partial charge in [-0.15, -0.1) is 0 Å². The van der Waals surface area contributed by atoms with Crippen molar-refractivity contribution in [2.45, 2.75) is 26.3 Å². The molecule has 0 aliphatic heterocycles. The van der Waals surface area contributed by atoms with Crippen molar-refractivity contribution >= 4 is 11.4 Å². The number of amides is 1. The molecule has 0 aliphatic carbocycles. The van der Waals surface area contributed by atoms with Gasteiger partial charge in [0.2, 0.25) is 0 Å². The molecule has 3 N–H and O–H groups in total. The Morgan fingerprint density at radius 2 is 2.22 bits per heavy atom. The fraction of sp³-hybridized carbons (Fsp3) is 0.333. The third-order valence-corrected chi connectivity index (χ3v) is 2.89. The van der Waals surface area contributed by atoms with Crippen molar-refractivity contribution in [3.63, 3.8) is 0 Å². The first kappa shape index (κ1) is 12.2. The van der Waals surface area contributed by atoms with Gasteiger partial charge in [0, 0.05) is 12.7 Å². The standard InChI is InChI=1S/C12H15N3O3/c1-2-3-6-15-12(18)9(11(13)17)10(16)8-5-4-7-14(8)15/h4-5,7,16H,2-3,6H2,1H3,(H2,13,17). The summed E-state index contributed by atoms with van der Waals surface area (Å²) in [5, 5.41) is 9.90. The predicted octanol–water partition coefficient (Wildman–Crippen LogP) is 0.706. The normalized spacial score (nSPS) is 10.9. The first-order chi connectivity index (χ1) is 8.57. The number of rotatable bonds is 4. The number of primary amides is 1. The Bertz CT molecular complexity index is 654. The first-order valence-electron chi connectivity index (χ1n) is 5.80. The largest absolute Gasteiger partial charge is 0.505 e. The van der Waals surface area contributed by atoms with E-state index in [2.05, 4.69) is 0 Å². The highest BCUT2D eigenvalue weighted by atomic mass is 16.3. The van der Waals surface area contributed by atoms with Crippen molar-refractivity contribution in [3.05, 3.63) is 34.2 Å². The maximum Gasteiger partial charge on any atom is 0.282 e. The Hall–Kier alpha value is -2.24. The molecule has 0 saturated heterocycles. The highest BCUT2D eigenvalue weighted by Crippen LogP contribution is 2.20. The van der Waals surface area contributed by atoms with Gasteiger partial charge < -0.3 is 10.8 Å². The maximum atomic E-state index is 12.1. The molecule has 0 bridgehead atoms. The summed E-state index contributed by atoms with van der Waals surface area (Å²) in [6.07, 6.45) is 3.38. The molecule has 2 aromatic heterocycles. The number of unbranched alkanes of at least 4 members (excludes halogenated alkanes) is 1. The molecule has 96 valence electrons. The van der Waals surface area contributed by atoms with E-state index in [-0.39, 0.29) is 11.3 Å². The number of nitrogens with two attached hydrogens (primary N) is 1. The van der Waals surface area contributed by atoms with Crippen molar-refractivity contribution in [1.29, 1.82) is 0 Å². The molecule has 18 heavy (non-hydrogen) atoms. The van der Waals surface area contributed by atoms with E-state index < -0.39 is 11.5 Å². The average molecular weight is 249 g/mol. The zero-order chi connectivity index (χ0) is 13.3. The van der Waals surface area contributed by atoms with Crippen LogP contribution in [-0.4, -0.2) is 20.2 Å². The number of aromatic hydroxyl groups is 1. The van der Waals surface area contributed by atoms with E-state index in [9.17, 15) is 14.7 Å². The van der Waals surface area contributed by atoms with Crippen LogP contribution < -0.4 is 11.3 Å². The van der Waals surface area contributed by atoms with Crippen molar-refractivity contribution in [3.8, 4) is 5.75 Å². The molecular weight excluding hydrogens is 234 g/mol. The van der Waals surface area contributed by atoms with Crippen molar-refractivity contribution in [2.75, 3.05) is 0 Å². The third-order valence-electron chi connectivity index (χ3n) is 2.89. The van der Waals surface area contributed by atoms with Gasteiger partial charge in [-0.25, -0.2) is 4.68 Å². The maximum absolute atomic E-state index is 12.1. The van der Waals surface area contributed by atoms with Crippen LogP contribution in [0.5, 0.6) is 5.75 Å². The van der Waals surface area contributed by atoms with E-state index in [1.54, 1.807) is 22.8 Å². The molecule has 0 unspecified atom stereocenters. The number of hydrogen-bond acceptors (Lipinski definition) is 3. The molecule has 6 heteroatoms. The molecule has 0 fully saturated rings. The summed E-state index contributed by atoms with van der Waals surface area (Å²) in [6.45, 7) is 2.48. The first-order valence-corrected chi connectivity index (χ1v) is 5.80. The van der Waals surface area contributed by atoms with Crippen LogP contribution in [0.3, 0.4) is 0 Å². The number of nitrogens with zero attached hydrogens (tertiary/aromatic N) is 2. The van der Waals surface area contributed by atoms with Crippen LogP contribution in [-0.2, 0) is 6.54 Å². The quantitative estimate of drug-likeness (QED) is 0.836. The molecule has 0 aliphatic rings. The highest BCUT2D eigenvalue weighted by molar-refractivity contribution is 5.97. The number of carbonyl (C=O) groups is 1. The molecule has 1 amide bonds. The predicted molar refractivity (Wildman–Crippen MR) is 66.7 cm³/mol. The monoisotopic (exact) mass is 249 g/mol. The lowest BCUT2D eigenvalue weighted by Crippen LogP contribution is -2.33. The molecular formula is C12H15N3O3. The molecule has 0 radical (unpaired) electrons. The number of fused-ring (bicyclic) bond motifs is 1. The number of aromatic nitrogens is 2. The minimum atomic E-state index is -0.911. The lowest BCUT2D eigenvalue weighted by molar-refractivity contribution is 0.0995. The van der Waals surface area contributed by atoms with Crippen molar-refractivity contribution in [2.24, 2.45) is 5.73 Å². The average Bonchev–Trinajstić information content (AvgIpc) is 2.77. The van der Waals surface area contributed by atoms with Crippen LogP contribution in [0, 0.1) is 0 Å². The third kappa shape index (κ3) is 1.75. The van der Waals surface area contributed by atoms with Crippen LogP contribution in [0.4, 0.5) is 0 Å². The number of carbonyl (C=O) groups excluding carboxylic acids is 1. The molecule has 0 spiro atoms. The highest BCUT2D eigenvalue weighted by Gasteiger charge is 2.19. The second-order valence-electron chi connectivity index (χ2n) is 4.11. The minimum Gasteiger partial charge on any atom is -0.505 e. The van der Waals surface area contributed by atoms with E-state index >= 15 is 0 Å². The van der Waals surface area contributed by atoms with Gasteiger partial charge in [-0.1, -0.05) is 13.3 Å². The molecule has 2 rings (SSSR count). The summed E-state index contributed by atoms with van der Waals surface area (Å²) in [7, 11) is 0. The molecule has 0 atom stereocenters. The summed E-state index contributed by atoms with van der Waals surface area (Å²) < 4.78 is 2.96. The van der Waals surface area contributed by atoms with Gasteiger partial charge in [0.15, 0.2) is 5.75 Å². The van der Waals surface area contributed by atoms with Crippen LogP contribution in [0.2, 0.25) is 0 Å². The summed E-state index contributed by atoms with van der Waals surface area (Å²) in [6, 6.07) is 3.32. The Morgan fingerprint density at radius 1 is 1.50 bits per heavy atom. The SMILES string of the molecule is CCCCn1c(=O)c(C(N)=O)c(O)c2cccn21. The second kappa shape index (κ2) is 4.56. The van der Waals surface area contributed by atoms with Gasteiger partial charge >= 0.3 is 0 Å². The van der Waals surface area contributed by atoms with E-state index in [4.69, 9.17) is 5.73 Å². The lowest BCUT2D eigenvalue weighted by Gasteiger charge is -2.12. The van der Waals surface area contributed by atoms with Gasteiger partial charge in [-0.3, -0.25) is 14.1 Å². The summed E-state index contributed by atoms with van der Waals surface area (Å²) in [4.78, 5) is 23.4. The van der Waals surface area contributed by atoms with E-state index in [0.717, 1.165) is 12.8 Å². The Morgan fingerprint density at radius 3 is 2.83 bits per heavy atom. The van der Waals surface area contributed by atoms with Gasteiger partial charge in [0.1, 0.15) is 11.1 Å². The lowest BCUT2D eigenvalue weighted by atomic mass is 10.2. The van der Waals surface area contributed by atoms with Crippen LogP contribution in [0.1, 0.15) is 30.1 Å². The van der Waals surface area contributed by atoms with Crippen molar-refractivity contribution in [1.82, 2.24) is 9.20 Å². The smallest absolute Gasteiger partial charge is 0.282 e. The fourth-order valence-corrected chi connectivity index (χ4v) is 1.97. The van der Waals surface area contributed by atoms with E-state index in [1.165, 1.54) is 4.68 Å². The van der Waals surface area contributed by atoms with Crippen LogP contribution in [0.15, 0.2) is 23.1 Å². The summed E-state index contributed by atoms with van der Waals surface area (Å²) >= 11 is 0. The summed E-state index contributed by atoms with van der Waals surface area (Å²) in [5.74, 6) is -1.27.